The summed E-state index contributed by atoms with van der Waals surface area (Å²) in [5, 5.41) is 24.8. The summed E-state index contributed by atoms with van der Waals surface area (Å²) in [7, 11) is 0. The fourth-order valence-electron chi connectivity index (χ4n) is 0.574. The zero-order valence-electron chi connectivity index (χ0n) is 8.38. The first-order valence-electron chi connectivity index (χ1n) is 3.12. The van der Waals surface area contributed by atoms with Crippen LogP contribution in [0.1, 0.15) is 10.4 Å². The van der Waals surface area contributed by atoms with Crippen molar-refractivity contribution in [2.45, 2.75) is 0 Å². The van der Waals surface area contributed by atoms with Crippen LogP contribution in [0.3, 0.4) is 0 Å². The molecule has 8 heteroatoms. The Kier molecular flexibility index (Phi) is 14.2. The maximum atomic E-state index is 10.1. The second-order valence-corrected chi connectivity index (χ2v) is 1.88. The number of benzene rings is 1. The summed E-state index contributed by atoms with van der Waals surface area (Å²) in [4.78, 5) is 18.3. The third-order valence-electron chi connectivity index (χ3n) is 1.01. The summed E-state index contributed by atoms with van der Waals surface area (Å²) >= 11 is 0. The van der Waals surface area contributed by atoms with Crippen molar-refractivity contribution in [3.8, 4) is 0 Å². The number of carbonyl (C=O) groups is 1. The molecule has 0 aliphatic heterocycles. The van der Waals surface area contributed by atoms with Gasteiger partial charge in [0, 0.05) is 0 Å². The molecule has 1 aromatic carbocycles. The average Bonchev–Trinajstić information content (AvgIpc) is 2.05. The predicted octanol–water partition coefficient (Wildman–Crippen LogP) is -2.81. The van der Waals surface area contributed by atoms with Crippen LogP contribution in [0.2, 0.25) is 0 Å². The van der Waals surface area contributed by atoms with Crippen LogP contribution in [0.25, 0.3) is 0 Å². The number of quaternary nitrogens is 1. The molecule has 0 unspecified atom stereocenters. The molecule has 0 aliphatic carbocycles. The first-order valence-corrected chi connectivity index (χ1v) is 3.12. The molecule has 7 nitrogen and oxygen atoms in total. The summed E-state index contributed by atoms with van der Waals surface area (Å²) in [5.41, 5.74) is 0.220. The van der Waals surface area contributed by atoms with Crippen molar-refractivity contribution in [1.29, 1.82) is 0 Å². The smallest absolute Gasteiger partial charge is 0.545 e. The third kappa shape index (κ3) is 12.8. The molecule has 0 saturated carbocycles. The Morgan fingerprint density at radius 1 is 1.13 bits per heavy atom. The molecule has 1 rings (SSSR count). The van der Waals surface area contributed by atoms with E-state index in [2.05, 4.69) is 0 Å². The minimum Gasteiger partial charge on any atom is -0.545 e. The van der Waals surface area contributed by atoms with E-state index in [1.165, 1.54) is 12.1 Å². The number of carboxylic acids is 1. The van der Waals surface area contributed by atoms with Gasteiger partial charge in [-0.15, -0.1) is 0 Å². The number of aromatic carboxylic acids is 1. The van der Waals surface area contributed by atoms with Crippen molar-refractivity contribution in [2.75, 3.05) is 0 Å². The van der Waals surface area contributed by atoms with Crippen LogP contribution >= 0.6 is 0 Å². The Labute approximate surface area is 108 Å². The zero-order chi connectivity index (χ0) is 10.3. The summed E-state index contributed by atoms with van der Waals surface area (Å²) < 4.78 is 0. The first-order chi connectivity index (χ1) is 6.04. The van der Waals surface area contributed by atoms with Crippen molar-refractivity contribution in [3.05, 3.63) is 51.2 Å². The summed E-state index contributed by atoms with van der Waals surface area (Å²) in [6.45, 7) is 0. The van der Waals surface area contributed by atoms with Crippen molar-refractivity contribution in [2.24, 2.45) is 0 Å². The van der Waals surface area contributed by atoms with E-state index in [1.807, 2.05) is 0 Å². The Morgan fingerprint density at radius 3 is 1.67 bits per heavy atom. The molecule has 0 amide bonds. The van der Waals surface area contributed by atoms with Gasteiger partial charge in [-0.2, -0.15) is 0 Å². The SMILES string of the molecule is O=C([O-])c1ccccc1.O=[N+]([O-])[O-].[NH4+].[Na+]. The normalized spacial score (nSPS) is 6.93. The Morgan fingerprint density at radius 2 is 1.47 bits per heavy atom. The van der Waals surface area contributed by atoms with Crippen LogP contribution < -0.4 is 40.8 Å². The number of nitrogens with zero attached hydrogens (tertiary/aromatic N) is 1. The maximum Gasteiger partial charge on any atom is 1.00 e. The molecular weight excluding hydrogens is 215 g/mol. The number of hydrogen-bond donors (Lipinski definition) is 1. The summed E-state index contributed by atoms with van der Waals surface area (Å²) in [5.74, 6) is -1.13. The molecule has 0 heterocycles. The molecule has 0 atom stereocenters. The van der Waals surface area contributed by atoms with E-state index in [4.69, 9.17) is 15.3 Å². The van der Waals surface area contributed by atoms with E-state index in [1.54, 1.807) is 18.2 Å². The summed E-state index contributed by atoms with van der Waals surface area (Å²) in [6, 6.07) is 8.06. The Balaban J connectivity index is -0.000000213. The van der Waals surface area contributed by atoms with Gasteiger partial charge in [0.2, 0.25) is 0 Å². The topological polar surface area (TPSA) is 143 Å². The van der Waals surface area contributed by atoms with Crippen LogP contribution in [0.5, 0.6) is 0 Å². The van der Waals surface area contributed by atoms with Gasteiger partial charge in [0.05, 0.1) is 11.1 Å². The predicted molar refractivity (Wildman–Crippen MR) is 47.1 cm³/mol. The van der Waals surface area contributed by atoms with Crippen LogP contribution in [0.4, 0.5) is 0 Å². The minimum atomic E-state index is -1.75. The number of carbonyl (C=O) groups excluding carboxylic acids is 1. The molecule has 0 spiro atoms. The first kappa shape index (κ1) is 19.4. The van der Waals surface area contributed by atoms with Gasteiger partial charge in [-0.25, -0.2) is 0 Å². The van der Waals surface area contributed by atoms with Crippen molar-refractivity contribution < 1.29 is 44.5 Å². The maximum absolute atomic E-state index is 10.1. The van der Waals surface area contributed by atoms with Crippen molar-refractivity contribution in [1.82, 2.24) is 6.15 Å². The summed E-state index contributed by atoms with van der Waals surface area (Å²) in [6.07, 6.45) is 0. The van der Waals surface area contributed by atoms with Gasteiger partial charge in [-0.3, -0.25) is 0 Å². The molecule has 0 saturated heterocycles. The van der Waals surface area contributed by atoms with Crippen molar-refractivity contribution in [3.63, 3.8) is 0 Å². The second kappa shape index (κ2) is 10.9. The third-order valence-corrected chi connectivity index (χ3v) is 1.01. The van der Waals surface area contributed by atoms with Crippen molar-refractivity contribution >= 4 is 5.97 Å². The number of carboxylic acid groups (broad SMARTS) is 1. The van der Waals surface area contributed by atoms with Gasteiger partial charge >= 0.3 is 29.6 Å². The van der Waals surface area contributed by atoms with Gasteiger partial charge in [0.1, 0.15) is 0 Å². The van der Waals surface area contributed by atoms with Crippen LogP contribution in [0.15, 0.2) is 30.3 Å². The number of hydrogen-bond acceptors (Lipinski definition) is 5. The molecule has 1 aromatic rings. The van der Waals surface area contributed by atoms with E-state index in [0.717, 1.165) is 0 Å². The van der Waals surface area contributed by atoms with Gasteiger partial charge in [0.25, 0.3) is 0 Å². The molecule has 0 aliphatic rings. The van der Waals surface area contributed by atoms with E-state index in [9.17, 15) is 9.90 Å². The minimum absolute atomic E-state index is 0. The van der Waals surface area contributed by atoms with E-state index in [0.29, 0.717) is 0 Å². The number of rotatable bonds is 1. The van der Waals surface area contributed by atoms with E-state index >= 15 is 0 Å². The molecule has 0 aromatic heterocycles. The fraction of sp³-hybridized carbons (Fsp3) is 0. The molecule has 0 bridgehead atoms. The molecule has 4 N–H and O–H groups in total. The monoisotopic (exact) mass is 224 g/mol. The molecule has 15 heavy (non-hydrogen) atoms. The van der Waals surface area contributed by atoms with Crippen LogP contribution in [-0.2, 0) is 0 Å². The molecule has 78 valence electrons. The molecule has 0 radical (unpaired) electrons. The van der Waals surface area contributed by atoms with Crippen LogP contribution in [-0.4, -0.2) is 11.1 Å². The fourth-order valence-corrected chi connectivity index (χ4v) is 0.574. The standard InChI is InChI=1S/C7H6O2.NO3.H3N.Na/c8-7(9)6-4-2-1-3-5-6;2-1(3)4;;/h1-5H,(H,8,9);;1H3;/q;-1;;+1. The molecular formula is C7H9N2NaO5. The molecule has 0 fully saturated rings. The van der Waals surface area contributed by atoms with Gasteiger partial charge < -0.3 is 31.4 Å². The average molecular weight is 224 g/mol. The van der Waals surface area contributed by atoms with E-state index < -0.39 is 11.1 Å². The second-order valence-electron chi connectivity index (χ2n) is 1.88. The van der Waals surface area contributed by atoms with E-state index in [-0.39, 0.29) is 41.3 Å². The van der Waals surface area contributed by atoms with Gasteiger partial charge in [0.15, 0.2) is 0 Å². The van der Waals surface area contributed by atoms with Gasteiger partial charge in [-0.1, -0.05) is 30.3 Å². The zero-order valence-corrected chi connectivity index (χ0v) is 10.4. The Hall–Kier alpha value is -1.15. The largest absolute Gasteiger partial charge is 1.00 e. The quantitative estimate of drug-likeness (QED) is 0.311. The Bertz CT molecular complexity index is 289. The van der Waals surface area contributed by atoms with Gasteiger partial charge in [-0.05, 0) is 5.56 Å². The van der Waals surface area contributed by atoms with Crippen LogP contribution in [0, 0.1) is 15.3 Å².